The summed E-state index contributed by atoms with van der Waals surface area (Å²) in [5.41, 5.74) is 6.38. The van der Waals surface area contributed by atoms with E-state index in [-0.39, 0.29) is 11.5 Å². The molecule has 1 aliphatic heterocycles. The molecule has 132 valence electrons. The van der Waals surface area contributed by atoms with Crippen molar-refractivity contribution in [3.05, 3.63) is 40.6 Å². The third-order valence-electron chi connectivity index (χ3n) is 4.26. The molecule has 3 rings (SSSR count). The van der Waals surface area contributed by atoms with E-state index in [9.17, 15) is 10.1 Å². The highest BCUT2D eigenvalue weighted by molar-refractivity contribution is 5.59. The van der Waals surface area contributed by atoms with E-state index in [1.165, 1.54) is 0 Å². The summed E-state index contributed by atoms with van der Waals surface area (Å²) in [4.78, 5) is 20.3. The lowest BCUT2D eigenvalue weighted by Crippen LogP contribution is -2.23. The Morgan fingerprint density at radius 1 is 1.48 bits per heavy atom. The Morgan fingerprint density at radius 2 is 2.28 bits per heavy atom. The molecule has 0 saturated carbocycles. The van der Waals surface area contributed by atoms with Gasteiger partial charge in [-0.15, -0.1) is 0 Å². The van der Waals surface area contributed by atoms with Crippen molar-refractivity contribution in [1.82, 2.24) is 9.97 Å². The molecular weight excluding hydrogens is 324 g/mol. The van der Waals surface area contributed by atoms with Crippen LogP contribution in [-0.4, -0.2) is 41.6 Å². The van der Waals surface area contributed by atoms with Crippen LogP contribution in [-0.2, 0) is 0 Å². The van der Waals surface area contributed by atoms with Gasteiger partial charge in [-0.05, 0) is 24.5 Å². The average Bonchev–Trinajstić information content (AvgIpc) is 3.08. The maximum atomic E-state index is 10.7. The Balaban J connectivity index is 1.59. The molecule has 9 nitrogen and oxygen atoms in total. The lowest BCUT2D eigenvalue weighted by atomic mass is 10.1. The van der Waals surface area contributed by atoms with Crippen molar-refractivity contribution >= 4 is 23.1 Å². The molecule has 0 amide bonds. The molecule has 0 radical (unpaired) electrons. The first-order valence-corrected chi connectivity index (χ1v) is 7.97. The van der Waals surface area contributed by atoms with E-state index in [4.69, 9.17) is 10.5 Å². The topological polar surface area (TPSA) is 119 Å². The minimum atomic E-state index is -0.596. The van der Waals surface area contributed by atoms with Gasteiger partial charge in [0.15, 0.2) is 0 Å². The van der Waals surface area contributed by atoms with Gasteiger partial charge in [0.25, 0.3) is 0 Å². The van der Waals surface area contributed by atoms with Gasteiger partial charge in [-0.3, -0.25) is 10.1 Å². The van der Waals surface area contributed by atoms with E-state index in [1.807, 2.05) is 18.2 Å². The van der Waals surface area contributed by atoms with Crippen LogP contribution in [0.2, 0.25) is 0 Å². The third-order valence-corrected chi connectivity index (χ3v) is 4.26. The number of aromatic nitrogens is 2. The Morgan fingerprint density at radius 3 is 3.00 bits per heavy atom. The smallest absolute Gasteiger partial charge is 0.329 e. The predicted molar refractivity (Wildman–Crippen MR) is 94.9 cm³/mol. The number of hydrogen-bond acceptors (Lipinski definition) is 8. The highest BCUT2D eigenvalue weighted by Crippen LogP contribution is 2.32. The van der Waals surface area contributed by atoms with Gasteiger partial charge in [-0.2, -0.15) is 4.98 Å². The lowest BCUT2D eigenvalue weighted by molar-refractivity contribution is -0.384. The molecule has 9 heteroatoms. The standard InChI is InChI=1S/C16H20N6O3/c1-25-14-5-3-2-4-12(14)21-7-6-11(10-21)8-18-16-19-9-13(22(23)24)15(17)20-16/h2-5,9,11H,6-8,10H2,1H3,(H3,17,18,19,20). The Bertz CT molecular complexity index is 769. The molecule has 2 heterocycles. The van der Waals surface area contributed by atoms with Crippen LogP contribution in [0.1, 0.15) is 6.42 Å². The molecule has 0 bridgehead atoms. The van der Waals surface area contributed by atoms with Crippen LogP contribution in [0, 0.1) is 16.0 Å². The van der Waals surface area contributed by atoms with Gasteiger partial charge in [0.1, 0.15) is 11.9 Å². The first-order valence-electron chi connectivity index (χ1n) is 7.97. The molecule has 1 unspecified atom stereocenters. The zero-order chi connectivity index (χ0) is 17.8. The maximum absolute atomic E-state index is 10.7. The highest BCUT2D eigenvalue weighted by Gasteiger charge is 2.24. The summed E-state index contributed by atoms with van der Waals surface area (Å²) in [6, 6.07) is 7.95. The lowest BCUT2D eigenvalue weighted by Gasteiger charge is -2.21. The van der Waals surface area contributed by atoms with Crippen LogP contribution in [0.15, 0.2) is 30.5 Å². The fourth-order valence-electron chi connectivity index (χ4n) is 2.96. The fourth-order valence-corrected chi connectivity index (χ4v) is 2.96. The van der Waals surface area contributed by atoms with Crippen molar-refractivity contribution in [2.24, 2.45) is 5.92 Å². The summed E-state index contributed by atoms with van der Waals surface area (Å²) < 4.78 is 5.42. The molecule has 1 saturated heterocycles. The minimum absolute atomic E-state index is 0.135. The minimum Gasteiger partial charge on any atom is -0.495 e. The fraction of sp³-hybridized carbons (Fsp3) is 0.375. The number of anilines is 3. The van der Waals surface area contributed by atoms with Crippen LogP contribution >= 0.6 is 0 Å². The van der Waals surface area contributed by atoms with E-state index in [0.29, 0.717) is 18.4 Å². The SMILES string of the molecule is COc1ccccc1N1CCC(CNc2ncc([N+](=O)[O-])c(N)n2)C1. The van der Waals surface area contributed by atoms with Crippen molar-refractivity contribution in [3.8, 4) is 5.75 Å². The number of ether oxygens (including phenoxy) is 1. The first kappa shape index (κ1) is 16.7. The zero-order valence-corrected chi connectivity index (χ0v) is 13.9. The summed E-state index contributed by atoms with van der Waals surface area (Å²) in [6.45, 7) is 2.49. The number of nitro groups is 1. The summed E-state index contributed by atoms with van der Waals surface area (Å²) in [5, 5.41) is 13.8. The van der Waals surface area contributed by atoms with Gasteiger partial charge >= 0.3 is 5.69 Å². The molecular formula is C16H20N6O3. The number of para-hydroxylation sites is 2. The predicted octanol–water partition coefficient (Wildman–Crippen LogP) is 1.91. The van der Waals surface area contributed by atoms with Gasteiger partial charge in [-0.1, -0.05) is 12.1 Å². The second-order valence-electron chi connectivity index (χ2n) is 5.87. The maximum Gasteiger partial charge on any atom is 0.329 e. The molecule has 3 N–H and O–H groups in total. The van der Waals surface area contributed by atoms with Gasteiger partial charge in [0.2, 0.25) is 11.8 Å². The van der Waals surface area contributed by atoms with Crippen molar-refractivity contribution in [3.63, 3.8) is 0 Å². The van der Waals surface area contributed by atoms with E-state index in [1.54, 1.807) is 7.11 Å². The summed E-state index contributed by atoms with van der Waals surface area (Å²) in [6.07, 6.45) is 2.15. The highest BCUT2D eigenvalue weighted by atomic mass is 16.6. The van der Waals surface area contributed by atoms with Crippen LogP contribution < -0.4 is 20.7 Å². The molecule has 0 spiro atoms. The molecule has 2 aromatic rings. The van der Waals surface area contributed by atoms with Gasteiger partial charge in [0, 0.05) is 19.6 Å². The Kier molecular flexibility index (Phi) is 4.82. The Hall–Kier alpha value is -3.10. The quantitative estimate of drug-likeness (QED) is 0.602. The second-order valence-corrected chi connectivity index (χ2v) is 5.87. The summed E-state index contributed by atoms with van der Waals surface area (Å²) in [7, 11) is 1.67. The summed E-state index contributed by atoms with van der Waals surface area (Å²) >= 11 is 0. The van der Waals surface area contributed by atoms with Crippen LogP contribution in [0.4, 0.5) is 23.1 Å². The number of nitrogens with one attached hydrogen (secondary N) is 1. The van der Waals surface area contributed by atoms with Crippen LogP contribution in [0.5, 0.6) is 5.75 Å². The van der Waals surface area contributed by atoms with E-state index in [0.717, 1.165) is 37.1 Å². The normalized spacial score (nSPS) is 16.7. The number of rotatable bonds is 6. The first-order chi connectivity index (χ1) is 12.1. The number of nitrogens with zero attached hydrogens (tertiary/aromatic N) is 4. The summed E-state index contributed by atoms with van der Waals surface area (Å²) in [5.74, 6) is 1.44. The van der Waals surface area contributed by atoms with Crippen LogP contribution in [0.3, 0.4) is 0 Å². The van der Waals surface area contributed by atoms with Crippen molar-refractivity contribution in [1.29, 1.82) is 0 Å². The zero-order valence-electron chi connectivity index (χ0n) is 13.9. The molecule has 25 heavy (non-hydrogen) atoms. The van der Waals surface area contributed by atoms with Crippen LogP contribution in [0.25, 0.3) is 0 Å². The Labute approximate surface area is 145 Å². The molecule has 1 aliphatic rings. The number of nitrogen functional groups attached to an aromatic ring is 1. The third kappa shape index (κ3) is 3.70. The molecule has 1 fully saturated rings. The number of benzene rings is 1. The molecule has 1 aromatic heterocycles. The van der Waals surface area contributed by atoms with E-state index < -0.39 is 4.92 Å². The number of hydrogen-bond donors (Lipinski definition) is 2. The van der Waals surface area contributed by atoms with Crippen molar-refractivity contribution < 1.29 is 9.66 Å². The van der Waals surface area contributed by atoms with Gasteiger partial charge in [0.05, 0.1) is 17.7 Å². The number of nitrogens with two attached hydrogens (primary N) is 1. The van der Waals surface area contributed by atoms with E-state index in [2.05, 4.69) is 26.3 Å². The van der Waals surface area contributed by atoms with Crippen molar-refractivity contribution in [2.45, 2.75) is 6.42 Å². The van der Waals surface area contributed by atoms with Crippen molar-refractivity contribution in [2.75, 3.05) is 42.7 Å². The van der Waals surface area contributed by atoms with Gasteiger partial charge in [-0.25, -0.2) is 4.98 Å². The molecule has 1 atom stereocenters. The second kappa shape index (κ2) is 7.20. The number of methoxy groups -OCH3 is 1. The monoisotopic (exact) mass is 344 g/mol. The molecule has 1 aromatic carbocycles. The van der Waals surface area contributed by atoms with E-state index >= 15 is 0 Å². The van der Waals surface area contributed by atoms with Gasteiger partial charge < -0.3 is 20.7 Å². The average molecular weight is 344 g/mol. The molecule has 0 aliphatic carbocycles. The largest absolute Gasteiger partial charge is 0.495 e.